The summed E-state index contributed by atoms with van der Waals surface area (Å²) < 4.78 is 17.1. The highest BCUT2D eigenvalue weighted by Gasteiger charge is 2.35. The molecular formula is C26H26N4O6. The van der Waals surface area contributed by atoms with Crippen molar-refractivity contribution in [3.8, 4) is 11.4 Å². The monoisotopic (exact) mass is 490 g/mol. The van der Waals surface area contributed by atoms with Gasteiger partial charge < -0.3 is 24.0 Å². The number of fused-ring (bicyclic) bond motifs is 1. The van der Waals surface area contributed by atoms with Crippen LogP contribution < -0.4 is 14.5 Å². The molecule has 2 aromatic carbocycles. The van der Waals surface area contributed by atoms with Gasteiger partial charge in [-0.2, -0.15) is 5.10 Å². The second kappa shape index (κ2) is 9.82. The van der Waals surface area contributed by atoms with Gasteiger partial charge in [-0.05, 0) is 61.9 Å². The summed E-state index contributed by atoms with van der Waals surface area (Å²) in [6.07, 6.45) is 0.440. The molecule has 0 radical (unpaired) electrons. The number of aromatic nitrogens is 2. The zero-order valence-electron chi connectivity index (χ0n) is 20.1. The lowest BCUT2D eigenvalue weighted by Gasteiger charge is -2.29. The summed E-state index contributed by atoms with van der Waals surface area (Å²) in [6, 6.07) is 14.4. The number of hydrogen-bond acceptors (Lipinski definition) is 7. The fourth-order valence-corrected chi connectivity index (χ4v) is 4.48. The molecule has 1 saturated heterocycles. The Balaban J connectivity index is 1.50. The Morgan fingerprint density at radius 2 is 1.64 bits per heavy atom. The van der Waals surface area contributed by atoms with E-state index in [1.54, 1.807) is 48.1 Å². The fourth-order valence-electron chi connectivity index (χ4n) is 4.48. The first-order valence-electron chi connectivity index (χ1n) is 11.7. The summed E-state index contributed by atoms with van der Waals surface area (Å²) >= 11 is 0. The molecule has 0 aliphatic carbocycles. The third kappa shape index (κ3) is 4.20. The van der Waals surface area contributed by atoms with Crippen molar-refractivity contribution in [3.05, 3.63) is 65.5 Å². The van der Waals surface area contributed by atoms with Crippen LogP contribution in [-0.2, 0) is 20.7 Å². The molecule has 2 aliphatic rings. The molecule has 2 amide bonds. The van der Waals surface area contributed by atoms with Gasteiger partial charge in [0.15, 0.2) is 5.69 Å². The minimum absolute atomic E-state index is 0.0628. The number of methoxy groups -OCH3 is 1. The van der Waals surface area contributed by atoms with Crippen molar-refractivity contribution in [2.24, 2.45) is 0 Å². The molecule has 0 unspecified atom stereocenters. The van der Waals surface area contributed by atoms with Crippen molar-refractivity contribution in [1.29, 1.82) is 0 Å². The highest BCUT2D eigenvalue weighted by atomic mass is 16.5. The van der Waals surface area contributed by atoms with E-state index in [0.717, 1.165) is 5.69 Å². The van der Waals surface area contributed by atoms with Gasteiger partial charge in [-0.3, -0.25) is 9.59 Å². The summed E-state index contributed by atoms with van der Waals surface area (Å²) in [5.41, 5.74) is 3.11. The number of carbonyl (C=O) groups is 3. The molecule has 186 valence electrons. The number of benzene rings is 2. The van der Waals surface area contributed by atoms with Crippen LogP contribution in [0.15, 0.2) is 48.5 Å². The Labute approximate surface area is 208 Å². The molecule has 0 N–H and O–H groups in total. The van der Waals surface area contributed by atoms with Gasteiger partial charge in [0.2, 0.25) is 0 Å². The van der Waals surface area contributed by atoms with Gasteiger partial charge in [0, 0.05) is 30.0 Å². The molecule has 5 rings (SSSR count). The summed E-state index contributed by atoms with van der Waals surface area (Å²) in [5, 5.41) is 4.50. The average Bonchev–Trinajstić information content (AvgIpc) is 3.30. The molecular weight excluding hydrogens is 464 g/mol. The van der Waals surface area contributed by atoms with Crippen LogP contribution in [0, 0.1) is 0 Å². The fraction of sp³-hybridized carbons (Fsp3) is 0.308. The normalized spacial score (nSPS) is 15.6. The number of hydrogen-bond donors (Lipinski definition) is 0. The molecule has 0 spiro atoms. The van der Waals surface area contributed by atoms with E-state index in [4.69, 9.17) is 14.2 Å². The molecule has 1 fully saturated rings. The zero-order valence-corrected chi connectivity index (χ0v) is 20.1. The van der Waals surface area contributed by atoms with Gasteiger partial charge in [-0.15, -0.1) is 0 Å². The molecule has 10 nitrogen and oxygen atoms in total. The average molecular weight is 491 g/mol. The Hall–Kier alpha value is -4.18. The first-order valence-corrected chi connectivity index (χ1v) is 11.7. The highest BCUT2D eigenvalue weighted by Crippen LogP contribution is 2.31. The summed E-state index contributed by atoms with van der Waals surface area (Å²) in [6.45, 7) is 3.35. The van der Waals surface area contributed by atoms with E-state index in [2.05, 4.69) is 5.10 Å². The molecule has 1 aromatic heterocycles. The molecule has 0 atom stereocenters. The van der Waals surface area contributed by atoms with Crippen LogP contribution in [0.5, 0.6) is 5.75 Å². The van der Waals surface area contributed by atoms with Crippen LogP contribution >= 0.6 is 0 Å². The maximum atomic E-state index is 13.8. The van der Waals surface area contributed by atoms with Crippen molar-refractivity contribution in [2.45, 2.75) is 13.3 Å². The van der Waals surface area contributed by atoms with Crippen molar-refractivity contribution < 1.29 is 28.6 Å². The third-order valence-corrected chi connectivity index (χ3v) is 6.26. The molecule has 0 bridgehead atoms. The SMILES string of the molecule is CCOC(=O)c1nn(-c2ccc(OC)cc2)c2c1CCN(c1ccc(N3CCOCC3=O)cc1)C2=O. The van der Waals surface area contributed by atoms with E-state index in [1.165, 1.54) is 4.68 Å². The topological polar surface area (TPSA) is 103 Å². The number of morpholine rings is 1. The van der Waals surface area contributed by atoms with E-state index >= 15 is 0 Å². The van der Waals surface area contributed by atoms with Gasteiger partial charge in [-0.1, -0.05) is 0 Å². The van der Waals surface area contributed by atoms with Crippen LogP contribution in [0.3, 0.4) is 0 Å². The van der Waals surface area contributed by atoms with E-state index < -0.39 is 5.97 Å². The number of rotatable bonds is 6. The molecule has 3 heterocycles. The number of esters is 1. The minimum Gasteiger partial charge on any atom is -0.497 e. The Morgan fingerprint density at radius 1 is 0.972 bits per heavy atom. The minimum atomic E-state index is -0.554. The van der Waals surface area contributed by atoms with Crippen LogP contribution in [0.2, 0.25) is 0 Å². The number of ether oxygens (including phenoxy) is 3. The lowest BCUT2D eigenvalue weighted by Crippen LogP contribution is -2.41. The van der Waals surface area contributed by atoms with E-state index in [1.807, 2.05) is 24.3 Å². The van der Waals surface area contributed by atoms with Crippen LogP contribution in [-0.4, -0.2) is 67.6 Å². The van der Waals surface area contributed by atoms with Crippen LogP contribution in [0.1, 0.15) is 33.5 Å². The molecule has 36 heavy (non-hydrogen) atoms. The van der Waals surface area contributed by atoms with Gasteiger partial charge in [0.1, 0.15) is 18.1 Å². The predicted molar refractivity (Wildman–Crippen MR) is 131 cm³/mol. The Kier molecular flexibility index (Phi) is 6.43. The zero-order chi connectivity index (χ0) is 25.2. The van der Waals surface area contributed by atoms with Crippen molar-refractivity contribution in [3.63, 3.8) is 0 Å². The molecule has 3 aromatic rings. The second-order valence-corrected chi connectivity index (χ2v) is 8.33. The van der Waals surface area contributed by atoms with E-state index in [9.17, 15) is 14.4 Å². The number of anilines is 2. The van der Waals surface area contributed by atoms with Gasteiger partial charge in [-0.25, -0.2) is 9.48 Å². The number of carbonyl (C=O) groups excluding carboxylic acids is 3. The standard InChI is InChI=1S/C26H26N4O6/c1-3-36-26(33)23-21-12-13-29(18-6-4-17(5-7-18)28-14-15-35-16-22(28)31)25(32)24(21)30(27-23)19-8-10-20(34-2)11-9-19/h4-11H,3,12-16H2,1-2H3. The molecule has 0 saturated carbocycles. The molecule has 2 aliphatic heterocycles. The van der Waals surface area contributed by atoms with Crippen molar-refractivity contribution >= 4 is 29.2 Å². The second-order valence-electron chi connectivity index (χ2n) is 8.33. The van der Waals surface area contributed by atoms with E-state index in [-0.39, 0.29) is 30.7 Å². The number of nitrogens with zero attached hydrogens (tertiary/aromatic N) is 4. The first-order chi connectivity index (χ1) is 17.5. The van der Waals surface area contributed by atoms with Crippen molar-refractivity contribution in [2.75, 3.05) is 49.8 Å². The molecule has 10 heteroatoms. The number of amides is 2. The largest absolute Gasteiger partial charge is 0.497 e. The predicted octanol–water partition coefficient (Wildman–Crippen LogP) is 2.62. The quantitative estimate of drug-likeness (QED) is 0.490. The van der Waals surface area contributed by atoms with E-state index in [0.29, 0.717) is 54.5 Å². The van der Waals surface area contributed by atoms with Crippen molar-refractivity contribution in [1.82, 2.24) is 9.78 Å². The lowest BCUT2D eigenvalue weighted by molar-refractivity contribution is -0.125. The Bertz CT molecular complexity index is 1300. The summed E-state index contributed by atoms with van der Waals surface area (Å²) in [4.78, 5) is 41.9. The highest BCUT2D eigenvalue weighted by molar-refractivity contribution is 6.09. The van der Waals surface area contributed by atoms with Crippen LogP contribution in [0.4, 0.5) is 11.4 Å². The Morgan fingerprint density at radius 3 is 2.28 bits per heavy atom. The van der Waals surface area contributed by atoms with Gasteiger partial charge >= 0.3 is 5.97 Å². The maximum absolute atomic E-state index is 13.8. The first kappa shape index (κ1) is 23.6. The van der Waals surface area contributed by atoms with Gasteiger partial charge in [0.25, 0.3) is 11.8 Å². The van der Waals surface area contributed by atoms with Gasteiger partial charge in [0.05, 0.1) is 26.0 Å². The summed E-state index contributed by atoms with van der Waals surface area (Å²) in [5.74, 6) is -0.258. The summed E-state index contributed by atoms with van der Waals surface area (Å²) in [7, 11) is 1.57. The van der Waals surface area contributed by atoms with Crippen LogP contribution in [0.25, 0.3) is 5.69 Å². The lowest BCUT2D eigenvalue weighted by atomic mass is 10.0. The smallest absolute Gasteiger partial charge is 0.359 e. The third-order valence-electron chi connectivity index (χ3n) is 6.26. The maximum Gasteiger partial charge on any atom is 0.359 e.